The predicted octanol–water partition coefficient (Wildman–Crippen LogP) is 1.81. The van der Waals surface area contributed by atoms with Crippen LogP contribution < -0.4 is 10.1 Å². The Labute approximate surface area is 95.7 Å². The lowest BCUT2D eigenvalue weighted by Gasteiger charge is -2.17. The second kappa shape index (κ2) is 5.16. The van der Waals surface area contributed by atoms with Gasteiger partial charge < -0.3 is 15.2 Å². The smallest absolute Gasteiger partial charge is 0.213 e. The van der Waals surface area contributed by atoms with E-state index < -0.39 is 0 Å². The van der Waals surface area contributed by atoms with Gasteiger partial charge in [0.05, 0.1) is 30.6 Å². The number of aliphatic hydroxyl groups is 1. The van der Waals surface area contributed by atoms with E-state index in [1.807, 2.05) is 19.1 Å². The van der Waals surface area contributed by atoms with Gasteiger partial charge in [0.2, 0.25) is 5.88 Å². The Balaban J connectivity index is 1.94. The lowest BCUT2D eigenvalue weighted by Crippen LogP contribution is -2.27. The lowest BCUT2D eigenvalue weighted by molar-refractivity contribution is 0.172. The van der Waals surface area contributed by atoms with Crippen molar-refractivity contribution < 1.29 is 9.84 Å². The highest BCUT2D eigenvalue weighted by molar-refractivity contribution is 5.43. The van der Waals surface area contributed by atoms with Crippen LogP contribution in [0, 0.1) is 0 Å². The van der Waals surface area contributed by atoms with E-state index in [0.717, 1.165) is 24.9 Å². The van der Waals surface area contributed by atoms with E-state index in [4.69, 9.17) is 4.74 Å². The van der Waals surface area contributed by atoms with E-state index in [1.54, 1.807) is 6.20 Å². The Bertz CT molecular complexity index is 326. The number of hydrogen-bond donors (Lipinski definition) is 2. The quantitative estimate of drug-likeness (QED) is 0.815. The van der Waals surface area contributed by atoms with Crippen molar-refractivity contribution in [1.82, 2.24) is 4.98 Å². The van der Waals surface area contributed by atoms with E-state index in [-0.39, 0.29) is 12.1 Å². The predicted molar refractivity (Wildman–Crippen MR) is 62.7 cm³/mol. The van der Waals surface area contributed by atoms with E-state index in [2.05, 4.69) is 10.3 Å². The first-order valence-electron chi connectivity index (χ1n) is 5.83. The lowest BCUT2D eigenvalue weighted by atomic mass is 10.2. The minimum absolute atomic E-state index is 0.166. The Morgan fingerprint density at radius 2 is 2.38 bits per heavy atom. The summed E-state index contributed by atoms with van der Waals surface area (Å²) in [5, 5.41) is 13.0. The second-order valence-corrected chi connectivity index (χ2v) is 4.07. The van der Waals surface area contributed by atoms with E-state index in [0.29, 0.717) is 12.5 Å². The summed E-state index contributed by atoms with van der Waals surface area (Å²) >= 11 is 0. The molecule has 1 aliphatic rings. The summed E-state index contributed by atoms with van der Waals surface area (Å²) in [5.74, 6) is 0.639. The van der Waals surface area contributed by atoms with Crippen LogP contribution in [0.3, 0.4) is 0 Å². The summed E-state index contributed by atoms with van der Waals surface area (Å²) in [6.07, 6.45) is 4.52. The average Bonchev–Trinajstić information content (AvgIpc) is 2.68. The van der Waals surface area contributed by atoms with Crippen LogP contribution in [0.25, 0.3) is 0 Å². The first-order chi connectivity index (χ1) is 7.79. The second-order valence-electron chi connectivity index (χ2n) is 4.07. The van der Waals surface area contributed by atoms with Crippen LogP contribution in [0.15, 0.2) is 18.3 Å². The SMILES string of the molecule is CCOc1ccc(N[C@@H]2CCC[C@H]2O)cn1. The zero-order valence-corrected chi connectivity index (χ0v) is 9.52. The summed E-state index contributed by atoms with van der Waals surface area (Å²) in [7, 11) is 0. The van der Waals surface area contributed by atoms with Gasteiger partial charge >= 0.3 is 0 Å². The zero-order valence-electron chi connectivity index (χ0n) is 9.52. The maximum absolute atomic E-state index is 9.68. The largest absolute Gasteiger partial charge is 0.478 e. The molecular formula is C12H18N2O2. The number of ether oxygens (including phenoxy) is 1. The summed E-state index contributed by atoms with van der Waals surface area (Å²) < 4.78 is 5.26. The molecule has 1 heterocycles. The summed E-state index contributed by atoms with van der Waals surface area (Å²) in [6, 6.07) is 3.94. The molecule has 4 heteroatoms. The van der Waals surface area contributed by atoms with Gasteiger partial charge in [-0.1, -0.05) is 0 Å². The monoisotopic (exact) mass is 222 g/mol. The van der Waals surface area contributed by atoms with Crippen molar-refractivity contribution in [1.29, 1.82) is 0 Å². The van der Waals surface area contributed by atoms with Gasteiger partial charge in [-0.3, -0.25) is 0 Å². The number of aliphatic hydroxyl groups excluding tert-OH is 1. The molecule has 16 heavy (non-hydrogen) atoms. The molecule has 1 saturated carbocycles. The molecule has 1 aromatic heterocycles. The first-order valence-corrected chi connectivity index (χ1v) is 5.83. The molecule has 0 aliphatic heterocycles. The van der Waals surface area contributed by atoms with Crippen molar-refractivity contribution in [3.05, 3.63) is 18.3 Å². The fourth-order valence-corrected chi connectivity index (χ4v) is 2.02. The molecule has 0 bridgehead atoms. The molecule has 2 atom stereocenters. The maximum atomic E-state index is 9.68. The average molecular weight is 222 g/mol. The van der Waals surface area contributed by atoms with E-state index in [9.17, 15) is 5.11 Å². The fraction of sp³-hybridized carbons (Fsp3) is 0.583. The molecular weight excluding hydrogens is 204 g/mol. The van der Waals surface area contributed by atoms with Crippen LogP contribution in [0.1, 0.15) is 26.2 Å². The van der Waals surface area contributed by atoms with Crippen LogP contribution in [-0.2, 0) is 0 Å². The number of anilines is 1. The van der Waals surface area contributed by atoms with Gasteiger partial charge in [-0.25, -0.2) is 4.98 Å². The van der Waals surface area contributed by atoms with Crippen LogP contribution in [0.2, 0.25) is 0 Å². The zero-order chi connectivity index (χ0) is 11.4. The van der Waals surface area contributed by atoms with Crippen molar-refractivity contribution in [3.63, 3.8) is 0 Å². The number of pyridine rings is 1. The third-order valence-corrected chi connectivity index (χ3v) is 2.86. The minimum Gasteiger partial charge on any atom is -0.478 e. The van der Waals surface area contributed by atoms with Gasteiger partial charge in [-0.15, -0.1) is 0 Å². The van der Waals surface area contributed by atoms with Crippen LogP contribution in [-0.4, -0.2) is 28.8 Å². The third kappa shape index (κ3) is 2.64. The van der Waals surface area contributed by atoms with Crippen LogP contribution in [0.5, 0.6) is 5.88 Å². The number of aromatic nitrogens is 1. The molecule has 0 amide bonds. The maximum Gasteiger partial charge on any atom is 0.213 e. The molecule has 0 spiro atoms. The molecule has 1 aliphatic carbocycles. The Hall–Kier alpha value is -1.29. The number of hydrogen-bond acceptors (Lipinski definition) is 4. The van der Waals surface area contributed by atoms with E-state index in [1.165, 1.54) is 0 Å². The van der Waals surface area contributed by atoms with Gasteiger partial charge in [-0.05, 0) is 32.3 Å². The highest BCUT2D eigenvalue weighted by Gasteiger charge is 2.24. The van der Waals surface area contributed by atoms with Crippen molar-refractivity contribution in [2.45, 2.75) is 38.3 Å². The first kappa shape index (κ1) is 11.2. The van der Waals surface area contributed by atoms with Crippen molar-refractivity contribution in [3.8, 4) is 5.88 Å². The highest BCUT2D eigenvalue weighted by Crippen LogP contribution is 2.23. The molecule has 2 rings (SSSR count). The molecule has 4 nitrogen and oxygen atoms in total. The third-order valence-electron chi connectivity index (χ3n) is 2.86. The van der Waals surface area contributed by atoms with Crippen LogP contribution >= 0.6 is 0 Å². The molecule has 1 fully saturated rings. The van der Waals surface area contributed by atoms with Gasteiger partial charge in [0.25, 0.3) is 0 Å². The summed E-state index contributed by atoms with van der Waals surface area (Å²) in [5.41, 5.74) is 0.939. The molecule has 1 aromatic rings. The van der Waals surface area contributed by atoms with Gasteiger partial charge in [0, 0.05) is 6.07 Å². The molecule has 0 unspecified atom stereocenters. The molecule has 0 radical (unpaired) electrons. The van der Waals surface area contributed by atoms with Crippen molar-refractivity contribution in [2.75, 3.05) is 11.9 Å². The van der Waals surface area contributed by atoms with Crippen LogP contribution in [0.4, 0.5) is 5.69 Å². The fourth-order valence-electron chi connectivity index (χ4n) is 2.02. The van der Waals surface area contributed by atoms with Crippen molar-refractivity contribution in [2.24, 2.45) is 0 Å². The van der Waals surface area contributed by atoms with Gasteiger partial charge in [-0.2, -0.15) is 0 Å². The van der Waals surface area contributed by atoms with Crippen molar-refractivity contribution >= 4 is 5.69 Å². The summed E-state index contributed by atoms with van der Waals surface area (Å²) in [6.45, 7) is 2.56. The Morgan fingerprint density at radius 1 is 1.50 bits per heavy atom. The molecule has 88 valence electrons. The standard InChI is InChI=1S/C12H18N2O2/c1-2-16-12-7-6-9(8-13-12)14-10-4-3-5-11(10)15/h6-8,10-11,14-15H,2-5H2,1H3/t10-,11-/m1/s1. The van der Waals surface area contributed by atoms with E-state index >= 15 is 0 Å². The van der Waals surface area contributed by atoms with Gasteiger partial charge in [0.1, 0.15) is 0 Å². The highest BCUT2D eigenvalue weighted by atomic mass is 16.5. The molecule has 2 N–H and O–H groups in total. The molecule has 0 saturated heterocycles. The number of nitrogens with one attached hydrogen (secondary N) is 1. The Kier molecular flexibility index (Phi) is 3.62. The normalized spacial score (nSPS) is 24.4. The number of rotatable bonds is 4. The van der Waals surface area contributed by atoms with Gasteiger partial charge in [0.15, 0.2) is 0 Å². The Morgan fingerprint density at radius 3 is 2.94 bits per heavy atom. The molecule has 0 aromatic carbocycles. The minimum atomic E-state index is -0.230. The topological polar surface area (TPSA) is 54.4 Å². The number of nitrogens with zero attached hydrogens (tertiary/aromatic N) is 1. The summed E-state index contributed by atoms with van der Waals surface area (Å²) in [4.78, 5) is 4.17.